The van der Waals surface area contributed by atoms with Crippen LogP contribution in [0.15, 0.2) is 0 Å². The first-order chi connectivity index (χ1) is 14.9. The molecular formula is C31H62. The summed E-state index contributed by atoms with van der Waals surface area (Å²) in [6.45, 7) is 17.5. The van der Waals surface area contributed by atoms with Crippen LogP contribution in [-0.2, 0) is 0 Å². The Morgan fingerprint density at radius 1 is 0.548 bits per heavy atom. The third kappa shape index (κ3) is 9.04. The van der Waals surface area contributed by atoms with Crippen LogP contribution in [0.25, 0.3) is 0 Å². The van der Waals surface area contributed by atoms with E-state index in [-0.39, 0.29) is 0 Å². The van der Waals surface area contributed by atoms with Gasteiger partial charge in [0.1, 0.15) is 0 Å². The molecule has 0 aliphatic heterocycles. The van der Waals surface area contributed by atoms with Gasteiger partial charge in [-0.15, -0.1) is 0 Å². The molecule has 31 heavy (non-hydrogen) atoms. The van der Waals surface area contributed by atoms with Crippen molar-refractivity contribution in [2.75, 3.05) is 0 Å². The molecule has 0 radical (unpaired) electrons. The Hall–Kier alpha value is 0. The number of hydrogen-bond donors (Lipinski definition) is 0. The van der Waals surface area contributed by atoms with Crippen LogP contribution < -0.4 is 0 Å². The molecule has 3 atom stereocenters. The van der Waals surface area contributed by atoms with Crippen LogP contribution in [0.3, 0.4) is 0 Å². The van der Waals surface area contributed by atoms with Crippen LogP contribution in [-0.4, -0.2) is 0 Å². The minimum atomic E-state index is 0.594. The molecule has 0 aromatic carbocycles. The highest BCUT2D eigenvalue weighted by Crippen LogP contribution is 2.64. The molecule has 186 valence electrons. The topological polar surface area (TPSA) is 0 Å². The lowest BCUT2D eigenvalue weighted by atomic mass is 9.41. The number of rotatable bonds is 20. The van der Waals surface area contributed by atoms with Gasteiger partial charge < -0.3 is 0 Å². The predicted molar refractivity (Wildman–Crippen MR) is 143 cm³/mol. The first-order valence-electron chi connectivity index (χ1n) is 14.9. The molecule has 1 saturated carbocycles. The largest absolute Gasteiger partial charge is 0.0654 e. The molecule has 0 saturated heterocycles. The van der Waals surface area contributed by atoms with E-state index in [1.807, 2.05) is 0 Å². The first kappa shape index (κ1) is 29.0. The summed E-state index contributed by atoms with van der Waals surface area (Å²) in [5.41, 5.74) is 0.594. The molecule has 0 amide bonds. The normalized spacial score (nSPS) is 26.9. The van der Waals surface area contributed by atoms with E-state index < -0.39 is 0 Å². The lowest BCUT2D eigenvalue weighted by Crippen LogP contribution is -2.58. The van der Waals surface area contributed by atoms with Crippen molar-refractivity contribution < 1.29 is 0 Å². The minimum absolute atomic E-state index is 0.594. The lowest BCUT2D eigenvalue weighted by molar-refractivity contribution is -0.158. The molecule has 1 rings (SSSR count). The van der Waals surface area contributed by atoms with Crippen molar-refractivity contribution in [2.24, 2.45) is 35.0 Å². The average Bonchev–Trinajstić information content (AvgIpc) is 2.76. The van der Waals surface area contributed by atoms with Gasteiger partial charge in [0.2, 0.25) is 0 Å². The highest BCUT2D eigenvalue weighted by Gasteiger charge is 2.58. The lowest BCUT2D eigenvalue weighted by Gasteiger charge is -2.64. The summed E-state index contributed by atoms with van der Waals surface area (Å²) < 4.78 is 0. The molecule has 0 spiro atoms. The zero-order chi connectivity index (χ0) is 23.1. The quantitative estimate of drug-likeness (QED) is 0.167. The fourth-order valence-corrected chi connectivity index (χ4v) is 7.30. The van der Waals surface area contributed by atoms with Crippen molar-refractivity contribution in [1.29, 1.82) is 0 Å². The summed E-state index contributed by atoms with van der Waals surface area (Å²) in [5, 5.41) is 0. The molecule has 0 N–H and O–H groups in total. The van der Waals surface area contributed by atoms with Gasteiger partial charge in [-0.3, -0.25) is 0 Å². The Morgan fingerprint density at radius 2 is 0.903 bits per heavy atom. The van der Waals surface area contributed by atoms with Gasteiger partial charge in [0.25, 0.3) is 0 Å². The molecule has 0 heteroatoms. The molecule has 3 unspecified atom stereocenters. The van der Waals surface area contributed by atoms with E-state index in [2.05, 4.69) is 48.5 Å². The zero-order valence-electron chi connectivity index (χ0n) is 23.1. The summed E-state index contributed by atoms with van der Waals surface area (Å²) >= 11 is 0. The summed E-state index contributed by atoms with van der Waals surface area (Å²) in [6.07, 6.45) is 26.1. The highest BCUT2D eigenvalue weighted by molar-refractivity contribution is 5.06. The summed E-state index contributed by atoms with van der Waals surface area (Å²) in [5.74, 6) is 4.70. The van der Waals surface area contributed by atoms with Crippen molar-refractivity contribution in [3.05, 3.63) is 0 Å². The smallest absolute Gasteiger partial charge is 0.0241 e. The van der Waals surface area contributed by atoms with Gasteiger partial charge >= 0.3 is 0 Å². The van der Waals surface area contributed by atoms with Gasteiger partial charge in [0.05, 0.1) is 0 Å². The predicted octanol–water partition coefficient (Wildman–Crippen LogP) is 11.2. The van der Waals surface area contributed by atoms with Gasteiger partial charge in [-0.2, -0.15) is 0 Å². The van der Waals surface area contributed by atoms with Gasteiger partial charge in [0.15, 0.2) is 0 Å². The van der Waals surface area contributed by atoms with E-state index in [1.54, 1.807) is 0 Å². The van der Waals surface area contributed by atoms with Gasteiger partial charge in [0, 0.05) is 0 Å². The van der Waals surface area contributed by atoms with E-state index in [9.17, 15) is 0 Å². The second-order valence-electron chi connectivity index (χ2n) is 11.8. The van der Waals surface area contributed by atoms with Crippen LogP contribution in [0.1, 0.15) is 164 Å². The molecule has 1 aliphatic carbocycles. The zero-order valence-corrected chi connectivity index (χ0v) is 23.1. The molecule has 0 bridgehead atoms. The third-order valence-electron chi connectivity index (χ3n) is 9.73. The van der Waals surface area contributed by atoms with Crippen molar-refractivity contribution in [2.45, 2.75) is 164 Å². The van der Waals surface area contributed by atoms with Crippen LogP contribution in [0, 0.1) is 35.0 Å². The Kier molecular flexibility index (Phi) is 15.5. The molecule has 0 heterocycles. The summed E-state index contributed by atoms with van der Waals surface area (Å²) in [4.78, 5) is 0. The van der Waals surface area contributed by atoms with Crippen LogP contribution in [0.5, 0.6) is 0 Å². The van der Waals surface area contributed by atoms with Gasteiger partial charge in [-0.05, 0) is 47.8 Å². The Morgan fingerprint density at radius 3 is 1.35 bits per heavy atom. The molecule has 1 aliphatic rings. The summed E-state index contributed by atoms with van der Waals surface area (Å²) in [7, 11) is 0. The Bertz CT molecular complexity index is 384. The van der Waals surface area contributed by atoms with Gasteiger partial charge in [-0.25, -0.2) is 0 Å². The van der Waals surface area contributed by atoms with Crippen molar-refractivity contribution in [3.63, 3.8) is 0 Å². The van der Waals surface area contributed by atoms with E-state index in [0.29, 0.717) is 5.41 Å². The highest BCUT2D eigenvalue weighted by atomic mass is 14.6. The Balaban J connectivity index is 2.62. The Labute approximate surface area is 199 Å². The molecule has 0 nitrogen and oxygen atoms in total. The standard InChI is InChI=1S/C31H62/c1-8-11-14-16-18-21-24-29(25-22-19-17-15-12-9-2)31(7)27(5)30(28(31)6)26(4)23-20-13-10-3/h26-30H,8-25H2,1-7H3. The van der Waals surface area contributed by atoms with E-state index in [1.165, 1.54) is 116 Å². The molecular weight excluding hydrogens is 372 g/mol. The molecule has 0 aromatic rings. The fourth-order valence-electron chi connectivity index (χ4n) is 7.30. The van der Waals surface area contributed by atoms with Crippen LogP contribution >= 0.6 is 0 Å². The second kappa shape index (κ2) is 16.6. The van der Waals surface area contributed by atoms with E-state index in [0.717, 1.165) is 29.6 Å². The number of hydrogen-bond acceptors (Lipinski definition) is 0. The SMILES string of the molecule is CCCCCCCCC(CCCCCCCC)C1(C)C(C)C(C(C)CCCCC)C1C. The third-order valence-corrected chi connectivity index (χ3v) is 9.73. The second-order valence-corrected chi connectivity index (χ2v) is 11.8. The maximum absolute atomic E-state index is 2.70. The van der Waals surface area contributed by atoms with E-state index in [4.69, 9.17) is 0 Å². The first-order valence-corrected chi connectivity index (χ1v) is 14.9. The maximum Gasteiger partial charge on any atom is -0.0241 e. The van der Waals surface area contributed by atoms with Gasteiger partial charge in [-0.1, -0.05) is 151 Å². The monoisotopic (exact) mass is 434 g/mol. The average molecular weight is 435 g/mol. The van der Waals surface area contributed by atoms with Crippen LogP contribution in [0.2, 0.25) is 0 Å². The minimum Gasteiger partial charge on any atom is -0.0654 e. The fraction of sp³-hybridized carbons (Fsp3) is 1.00. The number of unbranched alkanes of at least 4 members (excludes halogenated alkanes) is 12. The summed E-state index contributed by atoms with van der Waals surface area (Å²) in [6, 6.07) is 0. The molecule has 1 fully saturated rings. The van der Waals surface area contributed by atoms with Crippen molar-refractivity contribution >= 4 is 0 Å². The van der Waals surface area contributed by atoms with Crippen LogP contribution in [0.4, 0.5) is 0 Å². The van der Waals surface area contributed by atoms with Crippen molar-refractivity contribution in [1.82, 2.24) is 0 Å². The molecule has 0 aromatic heterocycles. The maximum atomic E-state index is 2.70. The van der Waals surface area contributed by atoms with Crippen molar-refractivity contribution in [3.8, 4) is 0 Å². The van der Waals surface area contributed by atoms with E-state index >= 15 is 0 Å².